The summed E-state index contributed by atoms with van der Waals surface area (Å²) >= 11 is 0. The fourth-order valence-corrected chi connectivity index (χ4v) is 1.93. The van der Waals surface area contributed by atoms with Gasteiger partial charge in [0.05, 0.1) is 5.56 Å². The molecule has 0 aromatic heterocycles. The van der Waals surface area contributed by atoms with Gasteiger partial charge < -0.3 is 9.84 Å². The van der Waals surface area contributed by atoms with E-state index in [0.717, 1.165) is 11.1 Å². The third-order valence-electron chi connectivity index (χ3n) is 3.12. The van der Waals surface area contributed by atoms with E-state index in [1.54, 1.807) is 48.5 Å². The second kappa shape index (κ2) is 7.22. The number of carboxylic acid groups (broad SMARTS) is 1. The average Bonchev–Trinajstić information content (AvgIpc) is 2.54. The first kappa shape index (κ1) is 15.5. The molecule has 4 heteroatoms. The highest BCUT2D eigenvalue weighted by Gasteiger charge is 2.09. The van der Waals surface area contributed by atoms with Gasteiger partial charge in [-0.25, -0.2) is 4.79 Å². The van der Waals surface area contributed by atoms with E-state index in [0.29, 0.717) is 17.7 Å². The lowest BCUT2D eigenvalue weighted by Gasteiger charge is -2.06. The standard InChI is InChI=1S/C18H16O4/c1-2-13-4-3-5-15(12-13)18(21)22-16-9-6-14(7-10-16)8-11-17(19)20/h2-7,9-10,12H,1,8,11H2,(H,19,20). The van der Waals surface area contributed by atoms with Gasteiger partial charge in [-0.2, -0.15) is 0 Å². The molecule has 2 aromatic rings. The van der Waals surface area contributed by atoms with Crippen LogP contribution in [-0.4, -0.2) is 17.0 Å². The summed E-state index contributed by atoms with van der Waals surface area (Å²) in [5.41, 5.74) is 2.18. The van der Waals surface area contributed by atoms with Gasteiger partial charge in [0.2, 0.25) is 0 Å². The van der Waals surface area contributed by atoms with Crippen molar-refractivity contribution in [3.05, 3.63) is 71.8 Å². The summed E-state index contributed by atoms with van der Waals surface area (Å²) in [6.07, 6.45) is 2.19. The number of rotatable bonds is 6. The fourth-order valence-electron chi connectivity index (χ4n) is 1.93. The highest BCUT2D eigenvalue weighted by Crippen LogP contribution is 2.16. The molecule has 0 aliphatic heterocycles. The molecule has 1 N–H and O–H groups in total. The SMILES string of the molecule is C=Cc1cccc(C(=O)Oc2ccc(CCC(=O)O)cc2)c1. The van der Waals surface area contributed by atoms with Crippen LogP contribution in [0.15, 0.2) is 55.1 Å². The van der Waals surface area contributed by atoms with Crippen molar-refractivity contribution in [3.8, 4) is 5.75 Å². The lowest BCUT2D eigenvalue weighted by atomic mass is 10.1. The van der Waals surface area contributed by atoms with Crippen LogP contribution in [0.2, 0.25) is 0 Å². The van der Waals surface area contributed by atoms with Crippen LogP contribution in [0.25, 0.3) is 6.08 Å². The van der Waals surface area contributed by atoms with Crippen molar-refractivity contribution in [2.75, 3.05) is 0 Å². The maximum absolute atomic E-state index is 12.0. The van der Waals surface area contributed by atoms with Gasteiger partial charge in [0, 0.05) is 6.42 Å². The van der Waals surface area contributed by atoms with Crippen LogP contribution in [0.3, 0.4) is 0 Å². The summed E-state index contributed by atoms with van der Waals surface area (Å²) in [5, 5.41) is 8.64. The average molecular weight is 296 g/mol. The largest absolute Gasteiger partial charge is 0.481 e. The first-order valence-corrected chi connectivity index (χ1v) is 6.84. The molecular formula is C18H16O4. The molecule has 0 amide bonds. The van der Waals surface area contributed by atoms with E-state index >= 15 is 0 Å². The number of carbonyl (C=O) groups excluding carboxylic acids is 1. The summed E-state index contributed by atoms with van der Waals surface area (Å²) in [4.78, 5) is 22.6. The molecule has 2 aromatic carbocycles. The number of benzene rings is 2. The van der Waals surface area contributed by atoms with Crippen molar-refractivity contribution in [2.45, 2.75) is 12.8 Å². The van der Waals surface area contributed by atoms with Crippen LogP contribution < -0.4 is 4.74 Å². The molecule has 0 fully saturated rings. The van der Waals surface area contributed by atoms with Crippen LogP contribution in [0, 0.1) is 0 Å². The van der Waals surface area contributed by atoms with Crippen molar-refractivity contribution in [3.63, 3.8) is 0 Å². The molecule has 0 saturated carbocycles. The highest BCUT2D eigenvalue weighted by molar-refractivity contribution is 5.91. The van der Waals surface area contributed by atoms with E-state index in [1.165, 1.54) is 0 Å². The third-order valence-corrected chi connectivity index (χ3v) is 3.12. The lowest BCUT2D eigenvalue weighted by Crippen LogP contribution is -2.08. The van der Waals surface area contributed by atoms with E-state index in [9.17, 15) is 9.59 Å². The second-order valence-electron chi connectivity index (χ2n) is 4.76. The van der Waals surface area contributed by atoms with Gasteiger partial charge in [-0.05, 0) is 41.8 Å². The molecule has 112 valence electrons. The maximum atomic E-state index is 12.0. The van der Waals surface area contributed by atoms with Crippen molar-refractivity contribution >= 4 is 18.0 Å². The molecule has 0 unspecified atom stereocenters. The minimum atomic E-state index is -0.836. The Hall–Kier alpha value is -2.88. The molecule has 0 aliphatic carbocycles. The monoisotopic (exact) mass is 296 g/mol. The molecule has 4 nitrogen and oxygen atoms in total. The number of esters is 1. The first-order valence-electron chi connectivity index (χ1n) is 6.84. The Morgan fingerprint density at radius 2 is 1.86 bits per heavy atom. The first-order chi connectivity index (χ1) is 10.6. The Morgan fingerprint density at radius 3 is 2.50 bits per heavy atom. The zero-order chi connectivity index (χ0) is 15.9. The molecule has 0 spiro atoms. The zero-order valence-corrected chi connectivity index (χ0v) is 12.0. The third kappa shape index (κ3) is 4.31. The van der Waals surface area contributed by atoms with Crippen molar-refractivity contribution in [1.29, 1.82) is 0 Å². The van der Waals surface area contributed by atoms with Crippen molar-refractivity contribution in [2.24, 2.45) is 0 Å². The van der Waals surface area contributed by atoms with Gasteiger partial charge in [-0.1, -0.05) is 36.9 Å². The number of hydrogen-bond donors (Lipinski definition) is 1. The second-order valence-corrected chi connectivity index (χ2v) is 4.76. The summed E-state index contributed by atoms with van der Waals surface area (Å²) in [6, 6.07) is 13.8. The summed E-state index contributed by atoms with van der Waals surface area (Å²) in [5.74, 6) is -0.854. The normalized spacial score (nSPS) is 10.0. The summed E-state index contributed by atoms with van der Waals surface area (Å²) in [7, 11) is 0. The van der Waals surface area contributed by atoms with E-state index in [4.69, 9.17) is 9.84 Å². The van der Waals surface area contributed by atoms with Crippen LogP contribution in [0.4, 0.5) is 0 Å². The molecule has 0 aliphatic rings. The van der Waals surface area contributed by atoms with Crippen molar-refractivity contribution < 1.29 is 19.4 Å². The highest BCUT2D eigenvalue weighted by atomic mass is 16.5. The van der Waals surface area contributed by atoms with E-state index in [1.807, 2.05) is 6.07 Å². The molecule has 0 bridgehead atoms. The number of carbonyl (C=O) groups is 2. The number of carboxylic acids is 1. The Morgan fingerprint density at radius 1 is 1.14 bits per heavy atom. The predicted molar refractivity (Wildman–Crippen MR) is 83.9 cm³/mol. The zero-order valence-electron chi connectivity index (χ0n) is 12.0. The minimum absolute atomic E-state index is 0.0769. The van der Waals surface area contributed by atoms with E-state index in [2.05, 4.69) is 6.58 Å². The van der Waals surface area contributed by atoms with Crippen LogP contribution in [0.1, 0.15) is 27.9 Å². The number of ether oxygens (including phenoxy) is 1. The molecule has 2 rings (SSSR count). The Labute approximate surface area is 128 Å². The van der Waals surface area contributed by atoms with Gasteiger partial charge in [0.25, 0.3) is 0 Å². The van der Waals surface area contributed by atoms with Crippen LogP contribution >= 0.6 is 0 Å². The molecule has 0 saturated heterocycles. The van der Waals surface area contributed by atoms with Gasteiger partial charge in [0.1, 0.15) is 5.75 Å². The van der Waals surface area contributed by atoms with E-state index in [-0.39, 0.29) is 6.42 Å². The fraction of sp³-hybridized carbons (Fsp3) is 0.111. The van der Waals surface area contributed by atoms with E-state index < -0.39 is 11.9 Å². The lowest BCUT2D eigenvalue weighted by molar-refractivity contribution is -0.136. The topological polar surface area (TPSA) is 63.6 Å². The number of aliphatic carboxylic acids is 1. The molecule has 0 atom stereocenters. The summed E-state index contributed by atoms with van der Waals surface area (Å²) in [6.45, 7) is 3.66. The smallest absolute Gasteiger partial charge is 0.343 e. The molecular weight excluding hydrogens is 280 g/mol. The summed E-state index contributed by atoms with van der Waals surface area (Å²) < 4.78 is 5.29. The number of hydrogen-bond acceptors (Lipinski definition) is 3. The Bertz CT molecular complexity index is 686. The maximum Gasteiger partial charge on any atom is 0.343 e. The molecule has 22 heavy (non-hydrogen) atoms. The number of aryl methyl sites for hydroxylation is 1. The molecule has 0 radical (unpaired) electrons. The predicted octanol–water partition coefficient (Wildman–Crippen LogP) is 3.57. The minimum Gasteiger partial charge on any atom is -0.481 e. The Balaban J connectivity index is 2.02. The van der Waals surface area contributed by atoms with Gasteiger partial charge in [-0.15, -0.1) is 0 Å². The van der Waals surface area contributed by atoms with Gasteiger partial charge in [-0.3, -0.25) is 4.79 Å². The van der Waals surface area contributed by atoms with Crippen LogP contribution in [0.5, 0.6) is 5.75 Å². The van der Waals surface area contributed by atoms with Gasteiger partial charge >= 0.3 is 11.9 Å². The Kier molecular flexibility index (Phi) is 5.09. The molecule has 0 heterocycles. The quantitative estimate of drug-likeness (QED) is 0.654. The van der Waals surface area contributed by atoms with Crippen molar-refractivity contribution in [1.82, 2.24) is 0 Å². The van der Waals surface area contributed by atoms with Gasteiger partial charge in [0.15, 0.2) is 0 Å². The van der Waals surface area contributed by atoms with Crippen LogP contribution in [-0.2, 0) is 11.2 Å².